The van der Waals surface area contributed by atoms with Crippen molar-refractivity contribution in [1.29, 1.82) is 0 Å². The molecule has 0 aliphatic carbocycles. The molecule has 0 aliphatic heterocycles. The molecule has 2 nitrogen and oxygen atoms in total. The first-order valence-electron chi connectivity index (χ1n) is 20.8. The molecule has 3 heterocycles. The van der Waals surface area contributed by atoms with Crippen LogP contribution in [0.3, 0.4) is 0 Å². The fourth-order valence-corrected chi connectivity index (χ4v) is 10.8. The number of fused-ring (bicyclic) bond motifs is 15. The molecule has 0 fully saturated rings. The second kappa shape index (κ2) is 13.4. The van der Waals surface area contributed by atoms with Gasteiger partial charge in [0.15, 0.2) is 0 Å². The van der Waals surface area contributed by atoms with Crippen LogP contribution in [0.5, 0.6) is 0 Å². The van der Waals surface area contributed by atoms with Gasteiger partial charge < -0.3 is 0 Å². The Morgan fingerprint density at radius 3 is 0.967 bits per heavy atom. The lowest BCUT2D eigenvalue weighted by Crippen LogP contribution is -1.90. The van der Waals surface area contributed by atoms with Gasteiger partial charge in [-0.3, -0.25) is 0 Å². The number of nitrogens with zero attached hydrogens (tertiary/aromatic N) is 2. The lowest BCUT2D eigenvalue weighted by molar-refractivity contribution is 1.41. The third-order valence-electron chi connectivity index (χ3n) is 12.6. The van der Waals surface area contributed by atoms with E-state index in [-0.39, 0.29) is 0 Å². The van der Waals surface area contributed by atoms with Gasteiger partial charge in [-0.2, -0.15) is 0 Å². The Hall–Kier alpha value is -7.72. The minimum absolute atomic E-state index is 0.976. The van der Waals surface area contributed by atoms with E-state index in [1.807, 2.05) is 11.3 Å². The first kappa shape index (κ1) is 34.2. The number of pyridine rings is 2. The minimum Gasteiger partial charge on any atom is -0.247 e. The summed E-state index contributed by atoms with van der Waals surface area (Å²) in [5.74, 6) is 0. The topological polar surface area (TPSA) is 25.8 Å². The van der Waals surface area contributed by atoms with Gasteiger partial charge in [0.05, 0.1) is 22.4 Å². The van der Waals surface area contributed by atoms with E-state index in [9.17, 15) is 0 Å². The third kappa shape index (κ3) is 5.41. The van der Waals surface area contributed by atoms with E-state index in [4.69, 9.17) is 9.97 Å². The van der Waals surface area contributed by atoms with Crippen LogP contribution < -0.4 is 0 Å². The van der Waals surface area contributed by atoms with Crippen molar-refractivity contribution in [3.8, 4) is 44.8 Å². The highest BCUT2D eigenvalue weighted by molar-refractivity contribution is 7.25. The summed E-state index contributed by atoms with van der Waals surface area (Å²) in [6.07, 6.45) is 0. The first-order chi connectivity index (χ1) is 30.2. The number of aromatic nitrogens is 2. The lowest BCUT2D eigenvalue weighted by Gasteiger charge is -2.12. The van der Waals surface area contributed by atoms with Crippen LogP contribution in [0, 0.1) is 0 Å². The molecule has 61 heavy (non-hydrogen) atoms. The van der Waals surface area contributed by atoms with Gasteiger partial charge in [-0.05, 0) is 115 Å². The fourth-order valence-electron chi connectivity index (χ4n) is 9.69. The highest BCUT2D eigenvalue weighted by Crippen LogP contribution is 2.41. The summed E-state index contributed by atoms with van der Waals surface area (Å²) < 4.78 is 2.58. The summed E-state index contributed by atoms with van der Waals surface area (Å²) in [7, 11) is 0. The molecule has 3 heteroatoms. The smallest absolute Gasteiger partial charge is 0.0794 e. The van der Waals surface area contributed by atoms with E-state index in [0.717, 1.165) is 33.5 Å². The van der Waals surface area contributed by atoms with Crippen LogP contribution in [0.2, 0.25) is 0 Å². The Morgan fingerprint density at radius 1 is 0.230 bits per heavy atom. The molecule has 10 aromatic carbocycles. The van der Waals surface area contributed by atoms with Gasteiger partial charge in [0.25, 0.3) is 0 Å². The fraction of sp³-hybridized carbons (Fsp3) is 0. The number of benzene rings is 10. The van der Waals surface area contributed by atoms with E-state index in [1.165, 1.54) is 96.3 Å². The molecule has 0 aliphatic rings. The molecule has 0 spiro atoms. The van der Waals surface area contributed by atoms with Crippen molar-refractivity contribution in [2.75, 3.05) is 0 Å². The van der Waals surface area contributed by atoms with E-state index in [2.05, 4.69) is 206 Å². The second-order valence-corrected chi connectivity index (χ2v) is 17.1. The Kier molecular flexibility index (Phi) is 7.51. The largest absolute Gasteiger partial charge is 0.247 e. The minimum atomic E-state index is 0.976. The van der Waals surface area contributed by atoms with Crippen molar-refractivity contribution < 1.29 is 0 Å². The van der Waals surface area contributed by atoms with Crippen LogP contribution >= 0.6 is 11.3 Å². The van der Waals surface area contributed by atoms with Crippen molar-refractivity contribution in [3.63, 3.8) is 0 Å². The van der Waals surface area contributed by atoms with E-state index >= 15 is 0 Å². The monoisotopic (exact) mass is 790 g/mol. The lowest BCUT2D eigenvalue weighted by atomic mass is 9.95. The number of hydrogen-bond acceptors (Lipinski definition) is 3. The molecule has 0 saturated carbocycles. The summed E-state index contributed by atoms with van der Waals surface area (Å²) in [6, 6.07) is 75.0. The zero-order chi connectivity index (χ0) is 40.0. The van der Waals surface area contributed by atoms with Crippen LogP contribution in [0.1, 0.15) is 0 Å². The van der Waals surface area contributed by atoms with Gasteiger partial charge in [0.2, 0.25) is 0 Å². The van der Waals surface area contributed by atoms with Gasteiger partial charge in [-0.1, -0.05) is 146 Å². The van der Waals surface area contributed by atoms with Crippen LogP contribution in [-0.2, 0) is 0 Å². The van der Waals surface area contributed by atoms with Gasteiger partial charge >= 0.3 is 0 Å². The number of hydrogen-bond donors (Lipinski definition) is 0. The molecule has 0 amide bonds. The molecular weight excluding hydrogens is 757 g/mol. The van der Waals surface area contributed by atoms with Crippen LogP contribution in [0.25, 0.3) is 130 Å². The molecule has 3 aromatic heterocycles. The Morgan fingerprint density at radius 2 is 0.557 bits per heavy atom. The standard InChI is InChI=1S/C58H34N2S/c1-3-19-45-41(15-1)43-17-5-7-21-47(43)57-49(45)25-27-53(59-57)39-13-9-11-35(31-39)37-23-29-55-51(33-37)52-34-38(24-30-56(52)61-55)36-12-10-14-40(32-36)54-28-26-50-46-20-4-2-16-42(46)44-18-6-8-22-48(44)58(50)60-54/h1-34H. The zero-order valence-electron chi connectivity index (χ0n) is 32.9. The maximum Gasteiger partial charge on any atom is 0.0794 e. The molecule has 0 radical (unpaired) electrons. The van der Waals surface area contributed by atoms with Gasteiger partial charge in [0, 0.05) is 52.8 Å². The van der Waals surface area contributed by atoms with Gasteiger partial charge in [0.1, 0.15) is 0 Å². The predicted molar refractivity (Wildman–Crippen MR) is 262 cm³/mol. The van der Waals surface area contributed by atoms with Crippen molar-refractivity contribution in [3.05, 3.63) is 206 Å². The van der Waals surface area contributed by atoms with Crippen molar-refractivity contribution in [1.82, 2.24) is 9.97 Å². The first-order valence-corrected chi connectivity index (χ1v) is 21.6. The highest BCUT2D eigenvalue weighted by atomic mass is 32.1. The van der Waals surface area contributed by atoms with Crippen LogP contribution in [0.4, 0.5) is 0 Å². The molecule has 0 unspecified atom stereocenters. The average molecular weight is 791 g/mol. The Balaban J connectivity index is 0.877. The molecular formula is C58H34N2S. The molecule has 282 valence electrons. The van der Waals surface area contributed by atoms with Crippen LogP contribution in [0.15, 0.2) is 206 Å². The summed E-state index contributed by atoms with van der Waals surface area (Å²) in [5, 5.41) is 14.8. The zero-order valence-corrected chi connectivity index (χ0v) is 33.7. The normalized spacial score (nSPS) is 11.9. The number of rotatable bonds is 4. The maximum absolute atomic E-state index is 5.34. The molecule has 0 atom stereocenters. The molecule has 0 bridgehead atoms. The summed E-state index contributed by atoms with van der Waals surface area (Å²) in [4.78, 5) is 10.7. The third-order valence-corrected chi connectivity index (χ3v) is 13.8. The molecule has 0 saturated heterocycles. The van der Waals surface area contributed by atoms with Gasteiger partial charge in [-0.15, -0.1) is 11.3 Å². The highest BCUT2D eigenvalue weighted by Gasteiger charge is 2.15. The predicted octanol–water partition coefficient (Wildman–Crippen LogP) is 16.4. The van der Waals surface area contributed by atoms with Crippen molar-refractivity contribution in [2.24, 2.45) is 0 Å². The van der Waals surface area contributed by atoms with Crippen LogP contribution in [-0.4, -0.2) is 9.97 Å². The van der Waals surface area contributed by atoms with Crippen molar-refractivity contribution in [2.45, 2.75) is 0 Å². The summed E-state index contributed by atoms with van der Waals surface area (Å²) in [5.41, 5.74) is 11.0. The molecule has 13 aromatic rings. The van der Waals surface area contributed by atoms with Gasteiger partial charge in [-0.25, -0.2) is 9.97 Å². The number of thiophene rings is 1. The summed E-state index contributed by atoms with van der Waals surface area (Å²) in [6.45, 7) is 0. The Labute approximate surface area is 355 Å². The molecule has 0 N–H and O–H groups in total. The summed E-state index contributed by atoms with van der Waals surface area (Å²) >= 11 is 1.85. The second-order valence-electron chi connectivity index (χ2n) is 16.1. The van der Waals surface area contributed by atoms with E-state index in [0.29, 0.717) is 0 Å². The quantitative estimate of drug-likeness (QED) is 0.166. The van der Waals surface area contributed by atoms with Crippen molar-refractivity contribution >= 4 is 96.4 Å². The SMILES string of the molecule is c1cc(-c2ccc3sc4ccc(-c5cccc(-c6ccc7c8ccccc8c8ccccc8c7n6)c5)cc4c3c2)cc(-c2ccc3c4ccccc4c4ccccc4c3n2)c1. The Bertz CT molecular complexity index is 3630. The average Bonchev–Trinajstić information content (AvgIpc) is 3.71. The maximum atomic E-state index is 5.34. The molecule has 13 rings (SSSR count). The van der Waals surface area contributed by atoms with E-state index < -0.39 is 0 Å². The van der Waals surface area contributed by atoms with E-state index in [1.54, 1.807) is 0 Å².